The first-order valence-electron chi connectivity index (χ1n) is 7.44. The molecule has 3 rings (SSSR count). The first-order valence-corrected chi connectivity index (χ1v) is 8.99. The van der Waals surface area contributed by atoms with Gasteiger partial charge in [-0.05, 0) is 37.3 Å². The topological polar surface area (TPSA) is 34.9 Å². The van der Waals surface area contributed by atoms with Crippen molar-refractivity contribution in [3.8, 4) is 16.9 Å². The van der Waals surface area contributed by atoms with Crippen LogP contribution in [0.2, 0.25) is 0 Å². The molecule has 0 aliphatic rings. The summed E-state index contributed by atoms with van der Waals surface area (Å²) in [4.78, 5) is 0.601. The van der Waals surface area contributed by atoms with Crippen LogP contribution >= 0.6 is 0 Å². The molecule has 1 heterocycles. The Morgan fingerprint density at radius 1 is 1.00 bits per heavy atom. The second kappa shape index (κ2) is 6.48. The van der Waals surface area contributed by atoms with E-state index in [0.717, 1.165) is 11.6 Å². The van der Waals surface area contributed by atoms with Crippen molar-refractivity contribution in [2.75, 3.05) is 6.26 Å². The van der Waals surface area contributed by atoms with Gasteiger partial charge in [0.2, 0.25) is 0 Å². The number of nitrogens with zero attached hydrogens (tertiary/aromatic N) is 2. The summed E-state index contributed by atoms with van der Waals surface area (Å²) in [6, 6.07) is 14.7. The second-order valence-corrected chi connectivity index (χ2v) is 7.02. The van der Waals surface area contributed by atoms with E-state index in [1.807, 2.05) is 19.1 Å². The summed E-state index contributed by atoms with van der Waals surface area (Å²) in [7, 11) is -1.16. The van der Waals surface area contributed by atoms with E-state index in [2.05, 4.69) is 5.10 Å². The maximum Gasteiger partial charge on any atom is 0.435 e. The molecule has 3 aromatic rings. The fraction of sp³-hybridized carbons (Fsp3) is 0.167. The number of alkyl halides is 3. The summed E-state index contributed by atoms with van der Waals surface area (Å²) < 4.78 is 52.1. The molecule has 7 heteroatoms. The van der Waals surface area contributed by atoms with E-state index in [1.54, 1.807) is 42.7 Å². The lowest BCUT2D eigenvalue weighted by Crippen LogP contribution is -2.07. The molecule has 0 saturated carbocycles. The van der Waals surface area contributed by atoms with Crippen LogP contribution in [0.4, 0.5) is 13.2 Å². The minimum Gasteiger partial charge on any atom is -0.255 e. The Balaban J connectivity index is 2.15. The van der Waals surface area contributed by atoms with Gasteiger partial charge in [-0.1, -0.05) is 29.8 Å². The molecule has 3 nitrogen and oxygen atoms in total. The van der Waals surface area contributed by atoms with E-state index in [4.69, 9.17) is 0 Å². The number of halogens is 3. The Hall–Kier alpha value is -2.41. The molecule has 0 N–H and O–H groups in total. The molecule has 0 saturated heterocycles. The van der Waals surface area contributed by atoms with Crippen molar-refractivity contribution in [3.63, 3.8) is 0 Å². The Bertz CT molecular complexity index is 913. The second-order valence-electron chi connectivity index (χ2n) is 5.64. The van der Waals surface area contributed by atoms with Gasteiger partial charge < -0.3 is 0 Å². The minimum absolute atomic E-state index is 0.345. The summed E-state index contributed by atoms with van der Waals surface area (Å²) in [6.45, 7) is 1.91. The maximum absolute atomic E-state index is 13.1. The molecule has 0 aliphatic heterocycles. The van der Waals surface area contributed by atoms with Gasteiger partial charge in [-0.3, -0.25) is 4.21 Å². The van der Waals surface area contributed by atoms with Gasteiger partial charge in [0.05, 0.1) is 11.4 Å². The lowest BCUT2D eigenvalue weighted by molar-refractivity contribution is -0.141. The van der Waals surface area contributed by atoms with E-state index < -0.39 is 22.7 Å². The molecule has 0 spiro atoms. The summed E-state index contributed by atoms with van der Waals surface area (Å²) >= 11 is 0. The van der Waals surface area contributed by atoms with Gasteiger partial charge in [0, 0.05) is 27.5 Å². The van der Waals surface area contributed by atoms with Crippen LogP contribution in [0.1, 0.15) is 11.3 Å². The van der Waals surface area contributed by atoms with Crippen molar-refractivity contribution < 1.29 is 17.4 Å². The van der Waals surface area contributed by atoms with Crippen molar-refractivity contribution in [1.82, 2.24) is 9.78 Å². The standard InChI is InChI=1S/C18H15F3N2OS/c1-12-3-5-13(6-4-12)16-11-17(18(19,20)21)22-23(16)14-7-9-15(10-8-14)25(2)24/h3-11H,1-2H3/t25-/m0/s1. The van der Waals surface area contributed by atoms with Crippen molar-refractivity contribution >= 4 is 10.8 Å². The zero-order valence-electron chi connectivity index (χ0n) is 13.5. The molecule has 0 radical (unpaired) electrons. The van der Waals surface area contributed by atoms with Crippen molar-refractivity contribution in [3.05, 3.63) is 65.9 Å². The molecule has 1 atom stereocenters. The summed E-state index contributed by atoms with van der Waals surface area (Å²) in [5.41, 5.74) is 1.52. The Morgan fingerprint density at radius 3 is 2.12 bits per heavy atom. The highest BCUT2D eigenvalue weighted by Crippen LogP contribution is 2.33. The van der Waals surface area contributed by atoms with Crippen LogP contribution in [0.3, 0.4) is 0 Å². The van der Waals surface area contributed by atoms with Crippen LogP contribution in [0.15, 0.2) is 59.5 Å². The van der Waals surface area contributed by atoms with Crippen LogP contribution < -0.4 is 0 Å². The zero-order chi connectivity index (χ0) is 18.2. The van der Waals surface area contributed by atoms with Gasteiger partial charge in [0.1, 0.15) is 0 Å². The van der Waals surface area contributed by atoms with Gasteiger partial charge in [-0.15, -0.1) is 0 Å². The molecule has 1 aromatic heterocycles. The van der Waals surface area contributed by atoms with Gasteiger partial charge in [-0.25, -0.2) is 4.68 Å². The predicted molar refractivity (Wildman–Crippen MR) is 91.1 cm³/mol. The van der Waals surface area contributed by atoms with Crippen LogP contribution in [-0.2, 0) is 17.0 Å². The maximum atomic E-state index is 13.1. The normalized spacial score (nSPS) is 13.0. The van der Waals surface area contributed by atoms with Crippen LogP contribution in [0, 0.1) is 6.92 Å². The molecule has 0 aliphatic carbocycles. The average Bonchev–Trinajstić information content (AvgIpc) is 3.01. The number of aryl methyl sites for hydroxylation is 1. The lowest BCUT2D eigenvalue weighted by Gasteiger charge is -2.08. The highest BCUT2D eigenvalue weighted by atomic mass is 32.2. The molecule has 130 valence electrons. The molecule has 0 unspecified atom stereocenters. The largest absolute Gasteiger partial charge is 0.435 e. The Morgan fingerprint density at radius 2 is 1.60 bits per heavy atom. The van der Waals surface area contributed by atoms with Gasteiger partial charge >= 0.3 is 6.18 Å². The highest BCUT2D eigenvalue weighted by molar-refractivity contribution is 7.84. The van der Waals surface area contributed by atoms with Crippen molar-refractivity contribution in [2.45, 2.75) is 18.0 Å². The molecule has 0 amide bonds. The summed E-state index contributed by atoms with van der Waals surface area (Å²) in [5.74, 6) is 0. The lowest BCUT2D eigenvalue weighted by atomic mass is 10.1. The van der Waals surface area contributed by atoms with Crippen LogP contribution in [0.25, 0.3) is 16.9 Å². The fourth-order valence-corrected chi connectivity index (χ4v) is 2.94. The molecular formula is C18H15F3N2OS. The van der Waals surface area contributed by atoms with Gasteiger partial charge in [0.15, 0.2) is 5.69 Å². The smallest absolute Gasteiger partial charge is 0.255 e. The number of hydrogen-bond acceptors (Lipinski definition) is 2. The Labute approximate surface area is 145 Å². The number of rotatable bonds is 3. The van der Waals surface area contributed by atoms with E-state index >= 15 is 0 Å². The van der Waals surface area contributed by atoms with Gasteiger partial charge in [-0.2, -0.15) is 18.3 Å². The fourth-order valence-electron chi connectivity index (χ4n) is 2.43. The Kier molecular flexibility index (Phi) is 4.51. The monoisotopic (exact) mass is 364 g/mol. The number of aromatic nitrogens is 2. The van der Waals surface area contributed by atoms with E-state index in [-0.39, 0.29) is 0 Å². The van der Waals surface area contributed by atoms with Gasteiger partial charge in [0.25, 0.3) is 0 Å². The third-order valence-corrected chi connectivity index (χ3v) is 4.70. The van der Waals surface area contributed by atoms with Crippen molar-refractivity contribution in [2.24, 2.45) is 0 Å². The van der Waals surface area contributed by atoms with Crippen LogP contribution in [0.5, 0.6) is 0 Å². The molecule has 2 aromatic carbocycles. The SMILES string of the molecule is Cc1ccc(-c2cc(C(F)(F)F)nn2-c2ccc([S@](C)=O)cc2)cc1. The third-order valence-electron chi connectivity index (χ3n) is 3.76. The molecular weight excluding hydrogens is 349 g/mol. The summed E-state index contributed by atoms with van der Waals surface area (Å²) in [6.07, 6.45) is -2.99. The number of hydrogen-bond donors (Lipinski definition) is 0. The highest BCUT2D eigenvalue weighted by Gasteiger charge is 2.35. The summed E-state index contributed by atoms with van der Waals surface area (Å²) in [5, 5.41) is 3.74. The quantitative estimate of drug-likeness (QED) is 0.681. The molecule has 0 fully saturated rings. The molecule has 0 bridgehead atoms. The van der Waals surface area contributed by atoms with Crippen LogP contribution in [-0.4, -0.2) is 20.2 Å². The van der Waals surface area contributed by atoms with E-state index in [1.165, 1.54) is 4.68 Å². The predicted octanol–water partition coefficient (Wildman–Crippen LogP) is 4.60. The van der Waals surface area contributed by atoms with E-state index in [0.29, 0.717) is 21.8 Å². The minimum atomic E-state index is -4.53. The van der Waals surface area contributed by atoms with Crippen molar-refractivity contribution in [1.29, 1.82) is 0 Å². The number of benzene rings is 2. The van der Waals surface area contributed by atoms with E-state index in [9.17, 15) is 17.4 Å². The molecule has 25 heavy (non-hydrogen) atoms. The zero-order valence-corrected chi connectivity index (χ0v) is 14.4. The first-order chi connectivity index (χ1) is 11.8. The first kappa shape index (κ1) is 17.4. The third kappa shape index (κ3) is 3.66. The average molecular weight is 364 g/mol.